The van der Waals surface area contributed by atoms with Crippen molar-refractivity contribution in [1.29, 1.82) is 0 Å². The number of piperidine rings is 3. The zero-order valence-corrected chi connectivity index (χ0v) is 85.5. The third-order valence-corrected chi connectivity index (χ3v) is 21.0. The number of carbonyl (C=O) groups excluding carboxylic acids is 2. The van der Waals surface area contributed by atoms with Gasteiger partial charge in [0.25, 0.3) is 0 Å². The van der Waals surface area contributed by atoms with Crippen molar-refractivity contribution in [2.45, 2.75) is 366 Å². The highest BCUT2D eigenvalue weighted by Crippen LogP contribution is 2.34. The van der Waals surface area contributed by atoms with Gasteiger partial charge in [0.1, 0.15) is 6.26 Å². The van der Waals surface area contributed by atoms with Crippen LogP contribution in [0.2, 0.25) is 0 Å². The maximum atomic E-state index is 11.3. The Balaban J connectivity index is -0.00000132. The van der Waals surface area contributed by atoms with Crippen molar-refractivity contribution in [2.75, 3.05) is 126 Å². The summed E-state index contributed by atoms with van der Waals surface area (Å²) < 4.78 is 14.9. The highest BCUT2D eigenvalue weighted by Gasteiger charge is 2.31. The number of rotatable bonds is 31. The number of ether oxygens (including phenoxy) is 2. The van der Waals surface area contributed by atoms with E-state index in [1.807, 2.05) is 50.2 Å². The van der Waals surface area contributed by atoms with Crippen LogP contribution >= 0.6 is 0 Å². The molecule has 6 heterocycles. The third-order valence-electron chi connectivity index (χ3n) is 21.0. The monoisotopic (exact) mass is 1720 g/mol. The molecule has 0 radical (unpaired) electrons. The smallest absolute Gasteiger partial charge is 0.320 e. The molecule has 0 amide bonds. The van der Waals surface area contributed by atoms with Gasteiger partial charge in [0, 0.05) is 105 Å². The normalized spacial score (nSPS) is 15.9. The van der Waals surface area contributed by atoms with E-state index < -0.39 is 11.9 Å². The van der Waals surface area contributed by atoms with Gasteiger partial charge >= 0.3 is 23.9 Å². The van der Waals surface area contributed by atoms with Crippen molar-refractivity contribution >= 4 is 23.9 Å². The Morgan fingerprint density at radius 1 is 0.533 bits per heavy atom. The number of aromatic nitrogens is 3. The fraction of sp³-hybridized carbons (Fsp3) is 0.828. The molecule has 23 heteroatoms. The van der Waals surface area contributed by atoms with Crippen LogP contribution in [0.5, 0.6) is 0 Å². The van der Waals surface area contributed by atoms with Gasteiger partial charge in [0.2, 0.25) is 5.89 Å². The summed E-state index contributed by atoms with van der Waals surface area (Å²) in [5, 5.41) is 37.2. The summed E-state index contributed by atoms with van der Waals surface area (Å²) in [6.07, 6.45) is 24.3. The molecule has 122 heavy (non-hydrogen) atoms. The summed E-state index contributed by atoms with van der Waals surface area (Å²) >= 11 is 0. The minimum Gasteiger partial charge on any atom is -0.480 e. The average molecular weight is 1720 g/mol. The molecule has 0 aromatic carbocycles. The topological polar surface area (TPSA) is 267 Å². The minimum atomic E-state index is -0.784. The predicted octanol–water partition coefficient (Wildman–Crippen LogP) is 18.7. The Morgan fingerprint density at radius 3 is 1.31 bits per heavy atom. The number of pyridine rings is 2. The highest BCUT2D eigenvalue weighted by atomic mass is 16.5. The molecular weight excluding hydrogens is 1530 g/mol. The first kappa shape index (κ1) is 121. The van der Waals surface area contributed by atoms with Crippen molar-refractivity contribution in [3.05, 3.63) is 78.5 Å². The number of hydrogen-bond acceptors (Lipinski definition) is 21. The van der Waals surface area contributed by atoms with Crippen molar-refractivity contribution in [2.24, 2.45) is 43.8 Å². The molecule has 6 rings (SSSR count). The Labute approximate surface area is 749 Å². The van der Waals surface area contributed by atoms with Crippen LogP contribution in [0.15, 0.2) is 65.9 Å². The van der Waals surface area contributed by atoms with Gasteiger partial charge in [-0.25, -0.2) is 4.98 Å². The van der Waals surface area contributed by atoms with E-state index in [1.165, 1.54) is 44.1 Å². The Morgan fingerprint density at radius 2 is 0.967 bits per heavy atom. The molecule has 3 atom stereocenters. The molecule has 23 nitrogen and oxygen atoms in total. The van der Waals surface area contributed by atoms with Crippen LogP contribution in [-0.4, -0.2) is 241 Å². The first-order valence-electron chi connectivity index (χ1n) is 46.3. The zero-order chi connectivity index (χ0) is 94.4. The Kier molecular flexibility index (Phi) is 62.5. The van der Waals surface area contributed by atoms with Crippen LogP contribution in [0.3, 0.4) is 0 Å². The maximum Gasteiger partial charge on any atom is 0.320 e. The molecule has 3 aliphatic heterocycles. The molecule has 714 valence electrons. The van der Waals surface area contributed by atoms with E-state index in [2.05, 4.69) is 301 Å². The molecule has 3 aromatic rings. The van der Waals surface area contributed by atoms with Gasteiger partial charge in [0.15, 0.2) is 0 Å². The fourth-order valence-corrected chi connectivity index (χ4v) is 13.8. The summed E-state index contributed by atoms with van der Waals surface area (Å²) in [6.45, 7) is 87.8. The van der Waals surface area contributed by atoms with Crippen LogP contribution in [0.1, 0.15) is 323 Å². The molecule has 0 saturated carbocycles. The van der Waals surface area contributed by atoms with Crippen molar-refractivity contribution in [3.63, 3.8) is 0 Å². The molecule has 0 bridgehead atoms. The summed E-state index contributed by atoms with van der Waals surface area (Å²) in [7, 11) is 6.28. The highest BCUT2D eigenvalue weighted by molar-refractivity contribution is 5.72. The van der Waals surface area contributed by atoms with Gasteiger partial charge in [-0.3, -0.25) is 48.7 Å². The molecule has 0 spiro atoms. The average Bonchev–Trinajstić information content (AvgIpc) is 0.901. The Hall–Kier alpha value is -5.05. The number of nitrogens with one attached hydrogen (secondary N) is 6. The summed E-state index contributed by atoms with van der Waals surface area (Å²) in [4.78, 5) is 67.3. The number of carbonyl (C=O) groups is 4. The van der Waals surface area contributed by atoms with Crippen LogP contribution < -0.4 is 31.9 Å². The predicted molar refractivity (Wildman–Crippen MR) is 515 cm³/mol. The van der Waals surface area contributed by atoms with Crippen LogP contribution in [0.4, 0.5) is 0 Å². The van der Waals surface area contributed by atoms with E-state index >= 15 is 0 Å². The van der Waals surface area contributed by atoms with Crippen molar-refractivity contribution in [1.82, 2.24) is 71.4 Å². The van der Waals surface area contributed by atoms with Crippen molar-refractivity contribution in [3.8, 4) is 0 Å². The van der Waals surface area contributed by atoms with Gasteiger partial charge in [-0.15, -0.1) is 0 Å². The minimum absolute atomic E-state index is 0.0744. The first-order chi connectivity index (χ1) is 56.0. The van der Waals surface area contributed by atoms with Gasteiger partial charge in [0.05, 0.1) is 52.1 Å². The van der Waals surface area contributed by atoms with Gasteiger partial charge in [-0.1, -0.05) is 164 Å². The number of likely N-dealkylation sites (tertiary alicyclic amines) is 3. The van der Waals surface area contributed by atoms with E-state index in [0.717, 1.165) is 134 Å². The van der Waals surface area contributed by atoms with E-state index in [1.54, 1.807) is 31.1 Å². The van der Waals surface area contributed by atoms with Crippen LogP contribution in [0, 0.1) is 43.8 Å². The summed E-state index contributed by atoms with van der Waals surface area (Å²) in [5.41, 5.74) is 5.60. The summed E-state index contributed by atoms with van der Waals surface area (Å²) in [6, 6.07) is 10.7. The largest absolute Gasteiger partial charge is 0.480 e. The SMILES string of the molecule is CC(C)(C)CCN(CC(=O)O)Cc1cccnc1.CC(C)(C)CCNCc1cccnc1.CC(C)(C)CCNCc1ncco1.CC(C)(C)N1CCC(NCC(=O)O)CC1.CCN[C@@H](C)CC(C)(C)C.CCOC(=O)CN1CCC(C(C)(C)C)CC1.CCOC(=O)CNC1CCN(C(C)(C)C)CC1.CN[C@@H](C)CC(C)(C)C.C[C@@H](CC(C)(C)C)N(C)C. The van der Waals surface area contributed by atoms with E-state index in [-0.39, 0.29) is 41.5 Å². The standard InChI is InChI=1S/C14H22N2O2.C13H26N2O2.C13H25NO2.C12H20N2.C11H22N2O2.C10H18N2O.2C9H21N.C8H19N/c1-14(2,3)6-8-16(11-13(17)18)10-12-5-4-7-15-9-12;1-5-17-12(16)10-14-11-6-8-15(9-7-11)13(2,3)4;1-5-16-12(15)10-14-8-6-11(7-9-14)13(2,3)4;1-12(2,3)6-8-14-10-11-5-4-7-13-9-11;1-11(2,3)13-6-4-9(5-7-13)12-8-10(14)15;1-10(2,3)4-5-11-8-9-12-6-7-13-9;1-8(10(5)6)7-9(2,3)4;1-6-10-8(2)7-9(3,4)5;1-7(9-5)6-8(2,3)4/h4-5,7,9H,6,8,10-11H2,1-3H3,(H,17,18);11,14H,5-10H2,1-4H3;11H,5-10H2,1-4H3;4-5,7,9,14H,6,8,10H2,1-3H3;9,12H,4-8H2,1-3H3,(H,14,15);6-7,11H,4-5,8H2,1-3H3;8H,7H2,1-6H3;8,10H,6-7H2,1-5H3;7,9H,6H2,1-5H3/t;;;;;;2*8-;7-/m......000/s1. The fourth-order valence-electron chi connectivity index (χ4n) is 13.8. The lowest BCUT2D eigenvalue weighted by molar-refractivity contribution is -0.145. The van der Waals surface area contributed by atoms with E-state index in [0.29, 0.717) is 95.5 Å². The number of carboxylic acids is 2. The van der Waals surface area contributed by atoms with E-state index in [9.17, 15) is 19.2 Å². The van der Waals surface area contributed by atoms with Crippen molar-refractivity contribution < 1.29 is 43.3 Å². The molecule has 3 saturated heterocycles. The molecule has 0 aliphatic carbocycles. The zero-order valence-electron chi connectivity index (χ0n) is 85.5. The van der Waals surface area contributed by atoms with Gasteiger partial charge in [-0.2, -0.15) is 0 Å². The van der Waals surface area contributed by atoms with Gasteiger partial charge in [-0.05, 0) is 281 Å². The number of aliphatic carboxylic acids is 2. The molecular formula is C99H194N14O9. The lowest BCUT2D eigenvalue weighted by atomic mass is 9.75. The number of carboxylic acid groups (broad SMARTS) is 2. The lowest BCUT2D eigenvalue weighted by Crippen LogP contribution is -2.50. The first-order valence-corrected chi connectivity index (χ1v) is 46.3. The second-order valence-electron chi connectivity index (χ2n) is 44.3. The van der Waals surface area contributed by atoms with E-state index in [4.69, 9.17) is 24.1 Å². The number of oxazole rings is 1. The molecule has 8 N–H and O–H groups in total. The molecule has 3 aromatic heterocycles. The maximum absolute atomic E-state index is 11.3. The second-order valence-corrected chi connectivity index (χ2v) is 44.3. The van der Waals surface area contributed by atoms with Crippen LogP contribution in [-0.2, 0) is 48.3 Å². The lowest BCUT2D eigenvalue weighted by Gasteiger charge is -2.41. The quantitative estimate of drug-likeness (QED) is 0.0220. The molecule has 3 fully saturated rings. The number of esters is 2. The third kappa shape index (κ3) is 76.2. The molecule has 3 aliphatic rings. The second kappa shape index (κ2) is 63.0. The number of nitrogens with zero attached hydrogens (tertiary/aromatic N) is 8. The van der Waals surface area contributed by atoms with Crippen LogP contribution in [0.25, 0.3) is 0 Å². The summed E-state index contributed by atoms with van der Waals surface area (Å²) in [5.74, 6) is -0.247. The molecule has 0 unspecified atom stereocenters. The number of hydrogen-bond donors (Lipinski definition) is 8. The Bertz CT molecular complexity index is 3020. The van der Waals surface area contributed by atoms with Gasteiger partial charge < -0.3 is 60.9 Å².